The summed E-state index contributed by atoms with van der Waals surface area (Å²) in [5, 5.41) is 11.2. The molecular weight excluding hydrogens is 256 g/mol. The Kier molecular flexibility index (Phi) is 5.12. The van der Waals surface area contributed by atoms with E-state index in [0.717, 1.165) is 25.9 Å². The minimum Gasteiger partial charge on any atom is -0.387 e. The van der Waals surface area contributed by atoms with E-state index in [1.54, 1.807) is 24.3 Å². The van der Waals surface area contributed by atoms with Crippen molar-refractivity contribution >= 4 is 17.5 Å². The lowest BCUT2D eigenvalue weighted by molar-refractivity contribution is -0.118. The summed E-state index contributed by atoms with van der Waals surface area (Å²) in [5.74, 6) is -0.413. The predicted octanol–water partition coefficient (Wildman–Crippen LogP) is 1.63. The highest BCUT2D eigenvalue weighted by Gasteiger charge is 2.17. The summed E-state index contributed by atoms with van der Waals surface area (Å²) in [5.41, 5.74) is 1.21. The van der Waals surface area contributed by atoms with Crippen LogP contribution in [-0.2, 0) is 4.79 Å². The number of hydrogen-bond acceptors (Lipinski definition) is 3. The summed E-state index contributed by atoms with van der Waals surface area (Å²) in [6, 6.07) is 6.78. The van der Waals surface area contributed by atoms with Gasteiger partial charge in [-0.15, -0.1) is 0 Å². The van der Waals surface area contributed by atoms with E-state index in [-0.39, 0.29) is 5.91 Å². The summed E-state index contributed by atoms with van der Waals surface area (Å²) < 4.78 is 0. The van der Waals surface area contributed by atoms with Gasteiger partial charge in [0.05, 0.1) is 0 Å². The van der Waals surface area contributed by atoms with Gasteiger partial charge in [-0.25, -0.2) is 0 Å². The first kappa shape index (κ1) is 14.5. The van der Waals surface area contributed by atoms with E-state index >= 15 is 0 Å². The Bertz CT molecular complexity index is 463. The second kappa shape index (κ2) is 7.05. The molecule has 1 heterocycles. The summed E-state index contributed by atoms with van der Waals surface area (Å²) in [6.45, 7) is 1.10. The zero-order chi connectivity index (χ0) is 14.4. The Morgan fingerprint density at radius 2 is 1.65 bits per heavy atom. The third-order valence-electron chi connectivity index (χ3n) is 3.45. The molecule has 5 nitrogen and oxygen atoms in total. The summed E-state index contributed by atoms with van der Waals surface area (Å²) in [4.78, 5) is 25.3. The van der Waals surface area contributed by atoms with Crippen molar-refractivity contribution in [1.29, 1.82) is 0 Å². The highest BCUT2D eigenvalue weighted by Crippen LogP contribution is 2.15. The average molecular weight is 276 g/mol. The molecule has 0 unspecified atom stereocenters. The molecule has 0 aromatic heterocycles. The van der Waals surface area contributed by atoms with E-state index in [0.29, 0.717) is 11.3 Å². The lowest BCUT2D eigenvalue weighted by Crippen LogP contribution is -2.31. The molecule has 20 heavy (non-hydrogen) atoms. The Morgan fingerprint density at radius 1 is 1.05 bits per heavy atom. The van der Waals surface area contributed by atoms with Gasteiger partial charge in [-0.1, -0.05) is 12.8 Å². The fraction of sp³-hybridized carbons (Fsp3) is 0.467. The molecule has 2 N–H and O–H groups in total. The molecular formula is C15H20N2O3. The standard InChI is InChI=1S/C15H20N2O3/c18-11-14(19)16-13-7-5-12(6-8-13)15(20)17-9-3-1-2-4-10-17/h5-8,18H,1-4,9-11H2,(H,16,19). The van der Waals surface area contributed by atoms with Crippen LogP contribution >= 0.6 is 0 Å². The molecule has 2 amide bonds. The van der Waals surface area contributed by atoms with Gasteiger partial charge in [0.1, 0.15) is 6.61 Å². The van der Waals surface area contributed by atoms with Crippen LogP contribution in [0.5, 0.6) is 0 Å². The molecule has 5 heteroatoms. The first-order valence-corrected chi connectivity index (χ1v) is 7.01. The number of rotatable bonds is 3. The normalized spacial score (nSPS) is 15.6. The maximum absolute atomic E-state index is 12.3. The summed E-state index contributed by atoms with van der Waals surface area (Å²) in [6.07, 6.45) is 4.51. The second-order valence-electron chi connectivity index (χ2n) is 4.99. The number of aliphatic hydroxyl groups excluding tert-OH is 1. The number of carbonyl (C=O) groups is 2. The number of anilines is 1. The number of nitrogens with zero attached hydrogens (tertiary/aromatic N) is 1. The quantitative estimate of drug-likeness (QED) is 0.881. The molecule has 1 aromatic carbocycles. The molecule has 1 aliphatic rings. The molecule has 1 aromatic rings. The fourth-order valence-electron chi connectivity index (χ4n) is 2.35. The summed E-state index contributed by atoms with van der Waals surface area (Å²) in [7, 11) is 0. The van der Waals surface area contributed by atoms with Crippen LogP contribution in [0, 0.1) is 0 Å². The van der Waals surface area contributed by atoms with Crippen LogP contribution in [-0.4, -0.2) is 41.5 Å². The van der Waals surface area contributed by atoms with Gasteiger partial charge in [-0.05, 0) is 37.1 Å². The van der Waals surface area contributed by atoms with Crippen molar-refractivity contribution in [2.75, 3.05) is 25.0 Å². The van der Waals surface area contributed by atoms with E-state index in [1.165, 1.54) is 12.8 Å². The molecule has 1 fully saturated rings. The largest absolute Gasteiger partial charge is 0.387 e. The van der Waals surface area contributed by atoms with Crippen molar-refractivity contribution in [3.63, 3.8) is 0 Å². The van der Waals surface area contributed by atoms with Crippen LogP contribution in [0.3, 0.4) is 0 Å². The van der Waals surface area contributed by atoms with Crippen molar-refractivity contribution in [2.45, 2.75) is 25.7 Å². The molecule has 1 saturated heterocycles. The van der Waals surface area contributed by atoms with Gasteiger partial charge >= 0.3 is 0 Å². The molecule has 0 saturated carbocycles. The lowest BCUT2D eigenvalue weighted by Gasteiger charge is -2.20. The van der Waals surface area contributed by atoms with Gasteiger partial charge in [-0.2, -0.15) is 0 Å². The zero-order valence-electron chi connectivity index (χ0n) is 11.5. The van der Waals surface area contributed by atoms with Crippen LogP contribution in [0.1, 0.15) is 36.0 Å². The maximum Gasteiger partial charge on any atom is 0.253 e. The minimum absolute atomic E-state index is 0.0481. The molecule has 0 radical (unpaired) electrons. The first-order chi connectivity index (χ1) is 9.70. The van der Waals surface area contributed by atoms with Crippen LogP contribution < -0.4 is 5.32 Å². The van der Waals surface area contributed by atoms with Gasteiger partial charge in [-0.3, -0.25) is 9.59 Å². The van der Waals surface area contributed by atoms with E-state index in [4.69, 9.17) is 5.11 Å². The Morgan fingerprint density at radius 3 is 2.20 bits per heavy atom. The number of hydrogen-bond donors (Lipinski definition) is 2. The summed E-state index contributed by atoms with van der Waals surface area (Å²) >= 11 is 0. The van der Waals surface area contributed by atoms with Crippen molar-refractivity contribution in [2.24, 2.45) is 0 Å². The fourth-order valence-corrected chi connectivity index (χ4v) is 2.35. The second-order valence-corrected chi connectivity index (χ2v) is 4.99. The SMILES string of the molecule is O=C(CO)Nc1ccc(C(=O)N2CCCCCC2)cc1. The van der Waals surface area contributed by atoms with E-state index in [9.17, 15) is 9.59 Å². The van der Waals surface area contributed by atoms with E-state index < -0.39 is 12.5 Å². The Labute approximate surface area is 118 Å². The van der Waals surface area contributed by atoms with Gasteiger partial charge in [0.25, 0.3) is 5.91 Å². The van der Waals surface area contributed by atoms with Crippen LogP contribution in [0.2, 0.25) is 0 Å². The van der Waals surface area contributed by atoms with Gasteiger partial charge in [0.2, 0.25) is 5.91 Å². The van der Waals surface area contributed by atoms with Crippen molar-refractivity contribution in [3.05, 3.63) is 29.8 Å². The van der Waals surface area contributed by atoms with Crippen LogP contribution in [0.25, 0.3) is 0 Å². The minimum atomic E-state index is -0.547. The highest BCUT2D eigenvalue weighted by molar-refractivity contribution is 5.96. The Balaban J connectivity index is 2.01. The number of likely N-dealkylation sites (tertiary alicyclic amines) is 1. The first-order valence-electron chi connectivity index (χ1n) is 7.01. The average Bonchev–Trinajstić information content (AvgIpc) is 2.76. The molecule has 108 valence electrons. The monoisotopic (exact) mass is 276 g/mol. The molecule has 0 atom stereocenters. The topological polar surface area (TPSA) is 69.6 Å². The zero-order valence-corrected chi connectivity index (χ0v) is 11.5. The van der Waals surface area contributed by atoms with Crippen molar-refractivity contribution in [1.82, 2.24) is 4.90 Å². The Hall–Kier alpha value is -1.88. The number of aliphatic hydroxyl groups is 1. The number of nitrogens with one attached hydrogen (secondary N) is 1. The van der Waals surface area contributed by atoms with Crippen molar-refractivity contribution in [3.8, 4) is 0 Å². The number of carbonyl (C=O) groups excluding carboxylic acids is 2. The smallest absolute Gasteiger partial charge is 0.253 e. The van der Waals surface area contributed by atoms with Crippen LogP contribution in [0.15, 0.2) is 24.3 Å². The molecule has 2 rings (SSSR count). The third kappa shape index (κ3) is 3.81. The van der Waals surface area contributed by atoms with Gasteiger partial charge < -0.3 is 15.3 Å². The molecule has 0 spiro atoms. The van der Waals surface area contributed by atoms with Crippen molar-refractivity contribution < 1.29 is 14.7 Å². The van der Waals surface area contributed by atoms with E-state index in [2.05, 4.69) is 5.32 Å². The van der Waals surface area contributed by atoms with Gasteiger partial charge in [0.15, 0.2) is 0 Å². The van der Waals surface area contributed by atoms with Crippen LogP contribution in [0.4, 0.5) is 5.69 Å². The number of benzene rings is 1. The number of amides is 2. The predicted molar refractivity (Wildman–Crippen MR) is 76.5 cm³/mol. The molecule has 1 aliphatic heterocycles. The lowest BCUT2D eigenvalue weighted by atomic mass is 10.1. The molecule has 0 bridgehead atoms. The maximum atomic E-state index is 12.3. The highest BCUT2D eigenvalue weighted by atomic mass is 16.3. The van der Waals surface area contributed by atoms with Gasteiger partial charge in [0, 0.05) is 24.3 Å². The third-order valence-corrected chi connectivity index (χ3v) is 3.45. The molecule has 0 aliphatic carbocycles. The van der Waals surface area contributed by atoms with E-state index in [1.807, 2.05) is 4.90 Å².